The second kappa shape index (κ2) is 26.9. The van der Waals surface area contributed by atoms with Crippen LogP contribution in [0.5, 0.6) is 0 Å². The first-order valence-corrected chi connectivity index (χ1v) is 8.20. The van der Waals surface area contributed by atoms with Gasteiger partial charge in [-0.15, -0.1) is 0 Å². The molecule has 0 radical (unpaired) electrons. The molecule has 0 amide bonds. The third kappa shape index (κ3) is 79.0. The van der Waals surface area contributed by atoms with Crippen molar-refractivity contribution in [3.05, 3.63) is 12.8 Å². The molecule has 0 aromatic carbocycles. The van der Waals surface area contributed by atoms with Gasteiger partial charge in [-0.25, -0.2) is 12.8 Å². The number of hydrogen-bond acceptors (Lipinski definition) is 8. The van der Waals surface area contributed by atoms with Gasteiger partial charge in [0.05, 0.1) is 13.2 Å². The standard InChI is InChI=1S/2C6H9O3.2C3H8O.Ti/c2*1-3-9-6(8)4-5(2)7;2*1-3(2)4;/h2*4H,3H2,1-2H3;2*3-4H,1-2H3;/q2*-1;;;+2. The van der Waals surface area contributed by atoms with E-state index in [-0.39, 0.29) is 45.5 Å². The number of aliphatic hydroxyl groups excluding tert-OH is 2. The van der Waals surface area contributed by atoms with Crippen LogP contribution >= 0.6 is 0 Å². The molecule has 0 aromatic heterocycles. The molecule has 0 saturated carbocycles. The Hall–Kier alpha value is -1.35. The molecule has 2 N–H and O–H groups in total. The molecule has 0 aliphatic heterocycles. The fraction of sp³-hybridized carbons (Fsp3) is 0.667. The zero-order chi connectivity index (χ0) is 21.7. The van der Waals surface area contributed by atoms with Crippen molar-refractivity contribution in [2.75, 3.05) is 13.2 Å². The third-order valence-corrected chi connectivity index (χ3v) is 1.22. The topological polar surface area (TPSA) is 127 Å². The number of hydrogen-bond donors (Lipinski definition) is 2. The summed E-state index contributed by atoms with van der Waals surface area (Å²) >= 11 is 0. The number of ether oxygens (including phenoxy) is 2. The molecule has 0 fully saturated rings. The molecule has 158 valence electrons. The Morgan fingerprint density at radius 2 is 0.926 bits per heavy atom. The first kappa shape index (κ1) is 36.6. The summed E-state index contributed by atoms with van der Waals surface area (Å²) in [4.78, 5) is 41.1. The number of carbonyl (C=O) groups excluding carboxylic acids is 4. The largest absolute Gasteiger partial charge is 2.00 e. The van der Waals surface area contributed by atoms with Gasteiger partial charge in [-0.1, -0.05) is 0 Å². The molecular formula is C18H34O8Ti. The Morgan fingerprint density at radius 1 is 0.741 bits per heavy atom. The minimum atomic E-state index is -0.565. The van der Waals surface area contributed by atoms with Crippen LogP contribution in [-0.2, 0) is 50.4 Å². The quantitative estimate of drug-likeness (QED) is 0.283. The SMILES string of the molecule is CC(C)O.CC(C)O.CCOC(=O)[CH-]C(C)=O.CCOC(=O)[CH-]C(C)=O.[Ti+2]. The van der Waals surface area contributed by atoms with E-state index in [1.807, 2.05) is 0 Å². The van der Waals surface area contributed by atoms with E-state index in [1.165, 1.54) is 13.8 Å². The summed E-state index contributed by atoms with van der Waals surface area (Å²) in [6.45, 7) is 13.5. The first-order chi connectivity index (χ1) is 11.8. The predicted molar refractivity (Wildman–Crippen MR) is 97.9 cm³/mol. The van der Waals surface area contributed by atoms with Crippen molar-refractivity contribution in [1.29, 1.82) is 0 Å². The van der Waals surface area contributed by atoms with Gasteiger partial charge in [-0.3, -0.25) is 9.59 Å². The smallest absolute Gasteiger partial charge is 0.488 e. The molecule has 9 heteroatoms. The number of carbonyl (C=O) groups is 4. The van der Waals surface area contributed by atoms with Crippen LogP contribution in [0.4, 0.5) is 0 Å². The molecule has 8 nitrogen and oxygen atoms in total. The predicted octanol–water partition coefficient (Wildman–Crippen LogP) is 1.46. The maximum atomic E-state index is 10.4. The molecule has 0 unspecified atom stereocenters. The van der Waals surface area contributed by atoms with Crippen molar-refractivity contribution in [3.8, 4) is 0 Å². The van der Waals surface area contributed by atoms with Gasteiger partial charge < -0.3 is 29.3 Å². The summed E-state index contributed by atoms with van der Waals surface area (Å²) in [6.07, 6.45) is 1.51. The maximum Gasteiger partial charge on any atom is 2.00 e. The molecule has 0 heterocycles. The van der Waals surface area contributed by atoms with E-state index < -0.39 is 11.9 Å². The Bertz CT molecular complexity index is 340. The van der Waals surface area contributed by atoms with Gasteiger partial charge in [-0.2, -0.15) is 0 Å². The first-order valence-electron chi connectivity index (χ1n) is 8.20. The average Bonchev–Trinajstić information content (AvgIpc) is 2.36. The van der Waals surface area contributed by atoms with Crippen molar-refractivity contribution >= 4 is 23.5 Å². The number of esters is 2. The summed E-state index contributed by atoms with van der Waals surface area (Å²) < 4.78 is 8.87. The summed E-state index contributed by atoms with van der Waals surface area (Å²) in [6, 6.07) is 0. The van der Waals surface area contributed by atoms with Crippen LogP contribution in [0.1, 0.15) is 55.4 Å². The van der Waals surface area contributed by atoms with Crippen LogP contribution in [0, 0.1) is 12.8 Å². The van der Waals surface area contributed by atoms with Gasteiger partial charge in [-0.05, 0) is 55.4 Å². The minimum absolute atomic E-state index is 0. The molecule has 0 spiro atoms. The fourth-order valence-corrected chi connectivity index (χ4v) is 0.700. The molecule has 0 aliphatic carbocycles. The number of aliphatic hydroxyl groups is 2. The number of Topliss-reactive ketones (excluding diaryl/α,β-unsaturated/α-hetero) is 2. The molecule has 0 rings (SSSR count). The van der Waals surface area contributed by atoms with Gasteiger partial charge in [0.2, 0.25) is 0 Å². The van der Waals surface area contributed by atoms with E-state index >= 15 is 0 Å². The van der Waals surface area contributed by atoms with E-state index in [0.717, 1.165) is 12.8 Å². The van der Waals surface area contributed by atoms with Crippen LogP contribution in [0.25, 0.3) is 0 Å². The van der Waals surface area contributed by atoms with Crippen molar-refractivity contribution < 1.29 is 60.6 Å². The van der Waals surface area contributed by atoms with Gasteiger partial charge in [0, 0.05) is 23.8 Å². The molecule has 0 aromatic rings. The Kier molecular flexibility index (Phi) is 36.4. The number of ketones is 2. The third-order valence-electron chi connectivity index (χ3n) is 1.22. The Labute approximate surface area is 177 Å². The van der Waals surface area contributed by atoms with Crippen LogP contribution in [0.3, 0.4) is 0 Å². The van der Waals surface area contributed by atoms with E-state index in [1.54, 1.807) is 41.5 Å². The van der Waals surface area contributed by atoms with Crippen LogP contribution in [0.15, 0.2) is 0 Å². The molecule has 0 bridgehead atoms. The summed E-state index contributed by atoms with van der Waals surface area (Å²) in [5.41, 5.74) is 0. The Morgan fingerprint density at radius 3 is 1.04 bits per heavy atom. The average molecular weight is 426 g/mol. The van der Waals surface area contributed by atoms with Gasteiger partial charge in [0.25, 0.3) is 0 Å². The summed E-state index contributed by atoms with van der Waals surface area (Å²) in [7, 11) is 0. The zero-order valence-corrected chi connectivity index (χ0v) is 19.1. The van der Waals surface area contributed by atoms with Crippen molar-refractivity contribution in [2.45, 2.75) is 67.6 Å². The van der Waals surface area contributed by atoms with Crippen molar-refractivity contribution in [2.24, 2.45) is 0 Å². The molecule has 0 aliphatic rings. The van der Waals surface area contributed by atoms with Crippen LogP contribution in [-0.4, -0.2) is 59.1 Å². The molecule has 0 saturated heterocycles. The molecule has 27 heavy (non-hydrogen) atoms. The zero-order valence-electron chi connectivity index (χ0n) is 17.6. The monoisotopic (exact) mass is 426 g/mol. The second-order valence-corrected chi connectivity index (χ2v) is 5.20. The normalized spacial score (nSPS) is 8.15. The van der Waals surface area contributed by atoms with Gasteiger partial charge in [0.15, 0.2) is 11.9 Å². The summed E-state index contributed by atoms with van der Waals surface area (Å²) in [5, 5.41) is 16.1. The van der Waals surface area contributed by atoms with Gasteiger partial charge >= 0.3 is 21.7 Å². The van der Waals surface area contributed by atoms with Crippen molar-refractivity contribution in [3.63, 3.8) is 0 Å². The van der Waals surface area contributed by atoms with E-state index in [0.29, 0.717) is 13.2 Å². The van der Waals surface area contributed by atoms with Crippen molar-refractivity contribution in [1.82, 2.24) is 0 Å². The van der Waals surface area contributed by atoms with E-state index in [2.05, 4.69) is 9.47 Å². The summed E-state index contributed by atoms with van der Waals surface area (Å²) in [5.74, 6) is -1.70. The van der Waals surface area contributed by atoms with Crippen LogP contribution in [0.2, 0.25) is 0 Å². The fourth-order valence-electron chi connectivity index (χ4n) is 0.700. The minimum Gasteiger partial charge on any atom is -0.488 e. The number of rotatable bonds is 6. The molecular weight excluding hydrogens is 392 g/mol. The van der Waals surface area contributed by atoms with E-state index in [9.17, 15) is 19.2 Å². The van der Waals surface area contributed by atoms with Gasteiger partial charge in [0.1, 0.15) is 0 Å². The second-order valence-electron chi connectivity index (χ2n) is 5.20. The Balaban J connectivity index is -0.0000000843. The maximum absolute atomic E-state index is 10.4. The molecule has 0 atom stereocenters. The van der Waals surface area contributed by atoms with Crippen LogP contribution < -0.4 is 0 Å². The van der Waals surface area contributed by atoms with E-state index in [4.69, 9.17) is 10.2 Å².